The summed E-state index contributed by atoms with van der Waals surface area (Å²) in [5, 5.41) is 21.7. The second kappa shape index (κ2) is 25.4. The van der Waals surface area contributed by atoms with E-state index >= 15 is 0 Å². The van der Waals surface area contributed by atoms with E-state index in [9.17, 15) is 48.2 Å². The van der Waals surface area contributed by atoms with Gasteiger partial charge in [-0.2, -0.15) is 4.98 Å². The summed E-state index contributed by atoms with van der Waals surface area (Å²) >= 11 is 0. The van der Waals surface area contributed by atoms with Crippen LogP contribution in [0.25, 0.3) is 39.1 Å². The van der Waals surface area contributed by atoms with Crippen molar-refractivity contribution >= 4 is 80.1 Å². The maximum Gasteiger partial charge on any atom is 0.472 e. The van der Waals surface area contributed by atoms with Crippen molar-refractivity contribution in [1.82, 2.24) is 68.5 Å². The number of aliphatic hydroxyl groups excluding tert-OH is 2. The maximum atomic E-state index is 14.1. The molecule has 0 amide bonds. The number of rotatable bonds is 26. The van der Waals surface area contributed by atoms with Crippen LogP contribution in [0.15, 0.2) is 47.3 Å². The first kappa shape index (κ1) is 63.1. The number of methoxy groups -OCH3 is 3. The van der Waals surface area contributed by atoms with Gasteiger partial charge >= 0.3 is 23.5 Å². The quantitative estimate of drug-likeness (QED) is 0.0297. The summed E-state index contributed by atoms with van der Waals surface area (Å²) < 4.78 is 115. The normalized spacial score (nSPS) is 27.9. The van der Waals surface area contributed by atoms with E-state index in [2.05, 4.69) is 54.8 Å². The zero-order chi connectivity index (χ0) is 62.6. The molecule has 0 saturated carbocycles. The number of phosphoric ester groups is 3. The second-order valence-corrected chi connectivity index (χ2v) is 24.7. The number of hydrogen-bond donors (Lipinski definition) is 10. The number of phosphoric acid groups is 3. The van der Waals surface area contributed by atoms with Crippen molar-refractivity contribution < 1.29 is 94.2 Å². The molecule has 13 N–H and O–H groups in total. The number of nitrogens with zero attached hydrogens (tertiary/aromatic N) is 12. The van der Waals surface area contributed by atoms with Crippen LogP contribution in [0, 0.1) is 12.8 Å². The molecule has 7 aromatic rings. The lowest BCUT2D eigenvalue weighted by atomic mass is 10.00. The molecular formula is C46H60N17O22P3. The maximum absolute atomic E-state index is 14.1. The van der Waals surface area contributed by atoms with Gasteiger partial charge < -0.3 is 75.5 Å². The van der Waals surface area contributed by atoms with Crippen molar-refractivity contribution in [1.29, 1.82) is 0 Å². The van der Waals surface area contributed by atoms with E-state index in [1.807, 2.05) is 6.08 Å². The minimum Gasteiger partial charge on any atom is -0.394 e. The minimum atomic E-state index is -5.33. The Morgan fingerprint density at radius 2 is 1.16 bits per heavy atom. The Morgan fingerprint density at radius 3 is 1.82 bits per heavy atom. The van der Waals surface area contributed by atoms with Crippen molar-refractivity contribution in [3.8, 4) is 0 Å². The van der Waals surface area contributed by atoms with Gasteiger partial charge in [0.2, 0.25) is 5.95 Å². The number of imidazole rings is 3. The molecule has 1 aliphatic carbocycles. The molecule has 39 nitrogen and oxygen atoms in total. The SMILES string of the molecule is CO[C@H]1C(O)[C@@H](COP(=O)(O)OC2[C@@H](COP(=O)(O)OCC(CCC3=CCc4c(N)ncnc43)COP(=O)(O)OC3[C@@H](CO)O[C@@H](n4cnc5c(=O)[nH]c(N)nc54)[C@H]3OC)O[C@@H](n3cnc4c(=O)[nH]c(C)nc43)[C@H]2OC)O[C@H]1n1cnc2c(N)ncnc21. The predicted octanol–water partition coefficient (Wildman–Crippen LogP) is -0.798. The molecule has 42 heteroatoms. The highest BCUT2D eigenvalue weighted by molar-refractivity contribution is 7.48. The average Bonchev–Trinajstić information content (AvgIpc) is 2.51. The standard InChI is InChI=1S/C46H60N17O22P3/c1-19-57-39-28(41(66)58-19)55-17-62(39)45-35(76-4)32(85-88(72,73)80-12-24-30(65)33(74-2)43(82-24)61-16-54-27-37(48)52-15-53-38(27)61)25(83-45)13-79-86(68,69)77-10-20(5-6-21-7-8-22-26(21)50-14-51-36(22)47)11-78-87(70,71)84-31-23(9-64)81-44(34(31)75-3)63-18-56-29-40(63)59-46(49)60-42(29)67/h7,14-18,20,23-25,30-35,43-45,64-65H,5-6,8-13H2,1-4H3,(H,68,69)(H,70,71)(H,72,73)(H2,47,50,51)(H2,48,52,53)(H,57,58,66)(H3,49,59,60,67)/t20?,23-,24-,25-,30?,31?,32?,33+,34+,35+,43-,44-,45-/m1/s1. The summed E-state index contributed by atoms with van der Waals surface area (Å²) in [6, 6.07) is 0. The number of fused-ring (bicyclic) bond motifs is 4. The molecule has 0 bridgehead atoms. The largest absolute Gasteiger partial charge is 0.472 e. The third kappa shape index (κ3) is 12.7. The van der Waals surface area contributed by atoms with Gasteiger partial charge in [-0.05, 0) is 31.8 Å². The number of aromatic amines is 2. The summed E-state index contributed by atoms with van der Waals surface area (Å²) in [5.41, 5.74) is 18.7. The van der Waals surface area contributed by atoms with Crippen molar-refractivity contribution in [2.24, 2.45) is 5.92 Å². The summed E-state index contributed by atoms with van der Waals surface area (Å²) in [6.45, 7) is -2.37. The Labute approximate surface area is 494 Å². The molecule has 88 heavy (non-hydrogen) atoms. The Balaban J connectivity index is 0.796. The van der Waals surface area contributed by atoms with Crippen molar-refractivity contribution in [3.63, 3.8) is 0 Å². The highest BCUT2D eigenvalue weighted by Crippen LogP contribution is 2.53. The topological polar surface area (TPSA) is 538 Å². The van der Waals surface area contributed by atoms with Crippen LogP contribution >= 0.6 is 23.5 Å². The molecule has 3 aliphatic heterocycles. The van der Waals surface area contributed by atoms with Crippen molar-refractivity contribution in [2.75, 3.05) is 71.6 Å². The number of nitrogens with one attached hydrogen (secondary N) is 2. The van der Waals surface area contributed by atoms with E-state index in [0.717, 1.165) is 0 Å². The molecule has 0 aromatic carbocycles. The minimum absolute atomic E-state index is 0.0143. The summed E-state index contributed by atoms with van der Waals surface area (Å²) in [4.78, 5) is 102. The van der Waals surface area contributed by atoms with E-state index in [1.165, 1.54) is 73.6 Å². The molecular weight excluding hydrogens is 1240 g/mol. The fourth-order valence-corrected chi connectivity index (χ4v) is 13.6. The Kier molecular flexibility index (Phi) is 18.2. The smallest absolute Gasteiger partial charge is 0.394 e. The zero-order valence-corrected chi connectivity index (χ0v) is 49.4. The van der Waals surface area contributed by atoms with Gasteiger partial charge in [0.1, 0.15) is 84.7 Å². The number of aromatic nitrogens is 14. The first-order valence-electron chi connectivity index (χ1n) is 26.7. The number of anilines is 3. The van der Waals surface area contributed by atoms with E-state index in [0.29, 0.717) is 23.3 Å². The van der Waals surface area contributed by atoms with Crippen LogP contribution in [0.5, 0.6) is 0 Å². The van der Waals surface area contributed by atoms with Crippen LogP contribution in [0.3, 0.4) is 0 Å². The molecule has 3 saturated heterocycles. The number of allylic oxidation sites excluding steroid dienone is 2. The number of nitrogen functional groups attached to an aromatic ring is 3. The third-order valence-electron chi connectivity index (χ3n) is 15.0. The first-order chi connectivity index (χ1) is 42.0. The summed E-state index contributed by atoms with van der Waals surface area (Å²) in [5.74, 6) is -0.770. The molecule has 0 radical (unpaired) electrons. The van der Waals surface area contributed by atoms with Crippen LogP contribution in [0.2, 0.25) is 0 Å². The van der Waals surface area contributed by atoms with Crippen molar-refractivity contribution in [3.05, 3.63) is 75.5 Å². The number of aryl methyl sites for hydroxylation is 1. The predicted molar refractivity (Wildman–Crippen MR) is 296 cm³/mol. The highest BCUT2D eigenvalue weighted by Gasteiger charge is 2.54. The van der Waals surface area contributed by atoms with Gasteiger partial charge in [0.25, 0.3) is 11.1 Å². The lowest BCUT2D eigenvalue weighted by Gasteiger charge is -2.26. The van der Waals surface area contributed by atoms with Gasteiger partial charge in [0.05, 0.1) is 57.7 Å². The molecule has 4 aliphatic rings. The molecule has 0 spiro atoms. The molecule has 7 unspecified atom stereocenters. The van der Waals surface area contributed by atoms with Crippen LogP contribution < -0.4 is 28.3 Å². The van der Waals surface area contributed by atoms with Crippen LogP contribution in [0.4, 0.5) is 17.6 Å². The van der Waals surface area contributed by atoms with Gasteiger partial charge in [-0.1, -0.05) is 6.08 Å². The Bertz CT molecular complexity index is 4020. The number of hydrogen-bond acceptors (Lipinski definition) is 31. The van der Waals surface area contributed by atoms with E-state index in [-0.39, 0.29) is 69.7 Å². The monoisotopic (exact) mass is 1300 g/mol. The summed E-state index contributed by atoms with van der Waals surface area (Å²) in [7, 11) is -12.1. The van der Waals surface area contributed by atoms with E-state index in [1.54, 1.807) is 0 Å². The molecule has 476 valence electrons. The molecule has 3 fully saturated rings. The zero-order valence-electron chi connectivity index (χ0n) is 46.7. The van der Waals surface area contributed by atoms with Gasteiger partial charge in [-0.3, -0.25) is 55.4 Å². The third-order valence-corrected chi connectivity index (χ3v) is 17.9. The van der Waals surface area contributed by atoms with Crippen molar-refractivity contribution in [2.45, 2.75) is 99.8 Å². The Hall–Kier alpha value is -6.52. The number of H-pyrrole nitrogens is 2. The van der Waals surface area contributed by atoms with Gasteiger partial charge in [0.15, 0.2) is 52.5 Å². The number of ether oxygens (including phenoxy) is 6. The highest BCUT2D eigenvalue weighted by atomic mass is 31.2. The van der Waals surface area contributed by atoms with E-state index in [4.69, 9.17) is 72.8 Å². The lowest BCUT2D eigenvalue weighted by molar-refractivity contribution is -0.0626. The van der Waals surface area contributed by atoms with Gasteiger partial charge in [-0.15, -0.1) is 0 Å². The van der Waals surface area contributed by atoms with Crippen LogP contribution in [-0.2, 0) is 75.7 Å². The summed E-state index contributed by atoms with van der Waals surface area (Å²) in [6.07, 6.45) is -7.86. The molecule has 11 rings (SSSR count). The fourth-order valence-electron chi connectivity index (χ4n) is 10.8. The second-order valence-electron chi connectivity index (χ2n) is 20.5. The Morgan fingerprint density at radius 1 is 0.636 bits per heavy atom. The molecule has 16 atom stereocenters. The lowest BCUT2D eigenvalue weighted by Crippen LogP contribution is -2.38. The van der Waals surface area contributed by atoms with Gasteiger partial charge in [0, 0.05) is 32.8 Å². The molecule has 10 heterocycles. The number of aliphatic hydroxyl groups is 2. The first-order valence-corrected chi connectivity index (χ1v) is 31.1. The van der Waals surface area contributed by atoms with E-state index < -0.39 is 147 Å². The average molecular weight is 1300 g/mol. The van der Waals surface area contributed by atoms with Crippen LogP contribution in [0.1, 0.15) is 48.6 Å². The molecule has 7 aromatic heterocycles. The number of nitrogens with two attached hydrogens (primary N) is 3. The fraction of sp³-hybridized carbons (Fsp3) is 0.543. The van der Waals surface area contributed by atoms with Crippen LogP contribution in [-0.4, -0.2) is 203 Å². The van der Waals surface area contributed by atoms with Gasteiger partial charge in [-0.25, -0.2) is 53.6 Å².